The van der Waals surface area contributed by atoms with Crippen molar-refractivity contribution in [3.63, 3.8) is 0 Å². The fourth-order valence-electron chi connectivity index (χ4n) is 6.20. The monoisotopic (exact) mass is 485 g/mol. The van der Waals surface area contributed by atoms with Gasteiger partial charge >= 0.3 is 0 Å². The van der Waals surface area contributed by atoms with Gasteiger partial charge in [-0.2, -0.15) is 0 Å². The van der Waals surface area contributed by atoms with E-state index in [1.54, 1.807) is 6.07 Å². The Kier molecular flexibility index (Phi) is 7.27. The fourth-order valence-corrected chi connectivity index (χ4v) is 6.52. The lowest BCUT2D eigenvalue weighted by molar-refractivity contribution is -0.143. The van der Waals surface area contributed by atoms with Gasteiger partial charge in [0.1, 0.15) is 0 Å². The summed E-state index contributed by atoms with van der Waals surface area (Å²) in [5, 5.41) is 1.05. The van der Waals surface area contributed by atoms with Gasteiger partial charge in [-0.25, -0.2) is 0 Å². The van der Waals surface area contributed by atoms with E-state index in [4.69, 9.17) is 23.2 Å². The number of hydrogen-bond donors (Lipinski definition) is 0. The minimum atomic E-state index is 0.217. The smallest absolute Gasteiger partial charge is 0.227 e. The van der Waals surface area contributed by atoms with Crippen LogP contribution in [0.2, 0.25) is 10.0 Å². The molecule has 33 heavy (non-hydrogen) atoms. The predicted octanol–water partition coefficient (Wildman–Crippen LogP) is 5.27. The molecule has 2 aliphatic heterocycles. The first-order valence-corrected chi connectivity index (χ1v) is 13.1. The molecule has 1 aliphatic carbocycles. The third-order valence-corrected chi connectivity index (χ3v) is 8.48. The summed E-state index contributed by atoms with van der Waals surface area (Å²) in [6, 6.07) is 17.4. The minimum absolute atomic E-state index is 0.217. The van der Waals surface area contributed by atoms with E-state index in [0.717, 1.165) is 25.2 Å². The minimum Gasteiger partial charge on any atom is -0.335 e. The summed E-state index contributed by atoms with van der Waals surface area (Å²) in [5.41, 5.74) is 2.29. The average Bonchev–Trinajstić information content (AvgIpc) is 3.37. The number of piperazine rings is 1. The molecule has 0 aromatic heterocycles. The molecule has 0 spiro atoms. The van der Waals surface area contributed by atoms with Crippen LogP contribution in [0.3, 0.4) is 0 Å². The van der Waals surface area contributed by atoms with E-state index >= 15 is 0 Å². The van der Waals surface area contributed by atoms with E-state index in [9.17, 15) is 4.79 Å². The molecule has 0 bridgehead atoms. The summed E-state index contributed by atoms with van der Waals surface area (Å²) < 4.78 is 0. The standard InChI is InChI=1S/C27H33Cl2N3O/c28-22-12-11-21(17-23(22)29)18-26(33)32-16-15-31(19-20-7-2-1-3-8-20)25-10-6-9-24(27(25)32)30-13-4-5-14-30/h1-3,7-8,11-12,17,24-25,27H,4-6,9-10,13-16,18-19H2/t24-,25+,27-/m1/s1. The van der Waals surface area contributed by atoms with E-state index in [0.29, 0.717) is 28.5 Å². The molecular formula is C27H33Cl2N3O. The highest BCUT2D eigenvalue weighted by molar-refractivity contribution is 6.42. The Morgan fingerprint density at radius 2 is 1.58 bits per heavy atom. The summed E-state index contributed by atoms with van der Waals surface area (Å²) >= 11 is 12.3. The van der Waals surface area contributed by atoms with Gasteiger partial charge in [0.25, 0.3) is 0 Å². The molecule has 0 radical (unpaired) electrons. The van der Waals surface area contributed by atoms with Crippen LogP contribution in [-0.4, -0.2) is 64.9 Å². The highest BCUT2D eigenvalue weighted by atomic mass is 35.5. The SMILES string of the molecule is O=C(Cc1ccc(Cl)c(Cl)c1)N1CCN(Cc2ccccc2)[C@H]2CCC[C@@H](N3CCCC3)[C@H]21. The molecule has 0 N–H and O–H groups in total. The molecule has 2 saturated heterocycles. The van der Waals surface area contributed by atoms with E-state index in [-0.39, 0.29) is 11.9 Å². The second kappa shape index (κ2) is 10.4. The Bertz CT molecular complexity index is 963. The topological polar surface area (TPSA) is 26.8 Å². The lowest BCUT2D eigenvalue weighted by Gasteiger charge is -2.55. The van der Waals surface area contributed by atoms with Crippen LogP contribution in [0.4, 0.5) is 0 Å². The van der Waals surface area contributed by atoms with Crippen LogP contribution in [0.15, 0.2) is 48.5 Å². The van der Waals surface area contributed by atoms with Crippen molar-refractivity contribution in [1.29, 1.82) is 0 Å². The number of nitrogens with zero attached hydrogens (tertiary/aromatic N) is 3. The maximum Gasteiger partial charge on any atom is 0.227 e. The summed E-state index contributed by atoms with van der Waals surface area (Å²) in [4.78, 5) is 21.2. The summed E-state index contributed by atoms with van der Waals surface area (Å²) in [6.45, 7) is 5.01. The van der Waals surface area contributed by atoms with Gasteiger partial charge in [-0.3, -0.25) is 14.6 Å². The Balaban J connectivity index is 1.39. The van der Waals surface area contributed by atoms with Gasteiger partial charge in [0, 0.05) is 31.7 Å². The summed E-state index contributed by atoms with van der Waals surface area (Å²) in [7, 11) is 0. The van der Waals surface area contributed by atoms with Gasteiger partial charge in [0.15, 0.2) is 0 Å². The number of carbonyl (C=O) groups excluding carboxylic acids is 1. The van der Waals surface area contributed by atoms with E-state index in [1.165, 1.54) is 50.8 Å². The fraction of sp³-hybridized carbons (Fsp3) is 0.519. The van der Waals surface area contributed by atoms with Crippen LogP contribution >= 0.6 is 23.2 Å². The lowest BCUT2D eigenvalue weighted by Crippen LogP contribution is -2.68. The molecule has 1 amide bonds. The molecular weight excluding hydrogens is 453 g/mol. The van der Waals surface area contributed by atoms with Crippen molar-refractivity contribution >= 4 is 29.1 Å². The van der Waals surface area contributed by atoms with Crippen molar-refractivity contribution in [3.8, 4) is 0 Å². The van der Waals surface area contributed by atoms with Crippen LogP contribution in [0.25, 0.3) is 0 Å². The van der Waals surface area contributed by atoms with Crippen LogP contribution in [0, 0.1) is 0 Å². The van der Waals surface area contributed by atoms with Gasteiger partial charge < -0.3 is 4.90 Å². The summed E-state index contributed by atoms with van der Waals surface area (Å²) in [6.07, 6.45) is 6.53. The maximum absolute atomic E-state index is 13.7. The quantitative estimate of drug-likeness (QED) is 0.577. The van der Waals surface area contributed by atoms with E-state index < -0.39 is 0 Å². The first-order valence-electron chi connectivity index (χ1n) is 12.4. The Labute approximate surface area is 207 Å². The largest absolute Gasteiger partial charge is 0.335 e. The highest BCUT2D eigenvalue weighted by Crippen LogP contribution is 2.36. The number of fused-ring (bicyclic) bond motifs is 1. The van der Waals surface area contributed by atoms with Crippen molar-refractivity contribution in [2.45, 2.75) is 63.2 Å². The van der Waals surface area contributed by atoms with Gasteiger partial charge in [0.2, 0.25) is 5.91 Å². The third-order valence-electron chi connectivity index (χ3n) is 7.74. The number of hydrogen-bond acceptors (Lipinski definition) is 3. The first-order chi connectivity index (χ1) is 16.1. The maximum atomic E-state index is 13.7. The molecule has 3 fully saturated rings. The predicted molar refractivity (Wildman–Crippen MR) is 135 cm³/mol. The van der Waals surface area contributed by atoms with Crippen LogP contribution in [-0.2, 0) is 17.8 Å². The zero-order valence-electron chi connectivity index (χ0n) is 19.1. The first kappa shape index (κ1) is 23.2. The number of carbonyl (C=O) groups is 1. The molecule has 176 valence electrons. The van der Waals surface area contributed by atoms with Crippen LogP contribution in [0.1, 0.15) is 43.2 Å². The zero-order valence-corrected chi connectivity index (χ0v) is 20.6. The third kappa shape index (κ3) is 5.09. The average molecular weight is 486 g/mol. The molecule has 3 aliphatic rings. The summed E-state index contributed by atoms with van der Waals surface area (Å²) in [5.74, 6) is 0.217. The van der Waals surface area contributed by atoms with Crippen molar-refractivity contribution in [1.82, 2.24) is 14.7 Å². The van der Waals surface area contributed by atoms with E-state index in [1.807, 2.05) is 12.1 Å². The van der Waals surface area contributed by atoms with Crippen LogP contribution in [0.5, 0.6) is 0 Å². The number of benzene rings is 2. The van der Waals surface area contributed by atoms with Crippen LogP contribution < -0.4 is 0 Å². The molecule has 1 saturated carbocycles. The van der Waals surface area contributed by atoms with Gasteiger partial charge in [0.05, 0.1) is 22.5 Å². The van der Waals surface area contributed by atoms with Gasteiger partial charge in [-0.05, 0) is 62.0 Å². The Morgan fingerprint density at radius 1 is 0.818 bits per heavy atom. The number of rotatable bonds is 5. The number of amides is 1. The number of likely N-dealkylation sites (tertiary alicyclic amines) is 1. The Hall–Kier alpha value is -1.59. The number of halogens is 2. The normalized spacial score (nSPS) is 26.4. The Morgan fingerprint density at radius 3 is 2.33 bits per heavy atom. The van der Waals surface area contributed by atoms with Gasteiger partial charge in [-0.15, -0.1) is 0 Å². The lowest BCUT2D eigenvalue weighted by atomic mass is 9.81. The van der Waals surface area contributed by atoms with Crippen molar-refractivity contribution in [3.05, 3.63) is 69.7 Å². The molecule has 6 heteroatoms. The zero-order chi connectivity index (χ0) is 22.8. The molecule has 2 aromatic carbocycles. The molecule has 5 rings (SSSR count). The van der Waals surface area contributed by atoms with Crippen molar-refractivity contribution < 1.29 is 4.79 Å². The second-order valence-electron chi connectivity index (χ2n) is 9.77. The second-order valence-corrected chi connectivity index (χ2v) is 10.6. The van der Waals surface area contributed by atoms with Crippen molar-refractivity contribution in [2.24, 2.45) is 0 Å². The molecule has 2 heterocycles. The van der Waals surface area contributed by atoms with Gasteiger partial charge in [-0.1, -0.05) is 66.0 Å². The molecule has 4 nitrogen and oxygen atoms in total. The highest BCUT2D eigenvalue weighted by Gasteiger charge is 2.46. The van der Waals surface area contributed by atoms with Crippen molar-refractivity contribution in [2.75, 3.05) is 26.2 Å². The van der Waals surface area contributed by atoms with E-state index in [2.05, 4.69) is 45.0 Å². The molecule has 3 atom stereocenters. The molecule has 2 aromatic rings. The molecule has 0 unspecified atom stereocenters.